The summed E-state index contributed by atoms with van der Waals surface area (Å²) in [5.41, 5.74) is 2.84. The maximum atomic E-state index is 13.7. The first-order valence-electron chi connectivity index (χ1n) is 9.28. The fourth-order valence-electron chi connectivity index (χ4n) is 2.79. The first kappa shape index (κ1) is 20.7. The molecule has 150 valence electrons. The van der Waals surface area contributed by atoms with Gasteiger partial charge in [0.15, 0.2) is 5.13 Å². The summed E-state index contributed by atoms with van der Waals surface area (Å²) in [6.45, 7) is 2.62. The van der Waals surface area contributed by atoms with E-state index in [9.17, 15) is 14.0 Å². The van der Waals surface area contributed by atoms with Crippen LogP contribution in [0.1, 0.15) is 34.1 Å². The molecule has 0 fully saturated rings. The molecule has 0 aliphatic rings. The van der Waals surface area contributed by atoms with Gasteiger partial charge in [-0.05, 0) is 29.7 Å². The Morgan fingerprint density at radius 3 is 2.48 bits per heavy atom. The van der Waals surface area contributed by atoms with Crippen molar-refractivity contribution in [2.45, 2.75) is 26.3 Å². The third-order valence-corrected chi connectivity index (χ3v) is 5.31. The van der Waals surface area contributed by atoms with E-state index in [1.165, 1.54) is 35.1 Å². The Morgan fingerprint density at radius 1 is 1.10 bits per heavy atom. The number of nitrogens with one attached hydrogen (secondary N) is 1. The summed E-state index contributed by atoms with van der Waals surface area (Å²) < 4.78 is 13.7. The van der Waals surface area contributed by atoms with Crippen molar-refractivity contribution >= 4 is 28.3 Å². The number of aromatic nitrogens is 1. The van der Waals surface area contributed by atoms with Crippen molar-refractivity contribution in [3.8, 4) is 0 Å². The second-order valence-corrected chi connectivity index (χ2v) is 7.53. The lowest BCUT2D eigenvalue weighted by Crippen LogP contribution is -2.27. The minimum atomic E-state index is -0.592. The summed E-state index contributed by atoms with van der Waals surface area (Å²) in [6, 6.07) is 13.9. The van der Waals surface area contributed by atoms with E-state index in [1.807, 2.05) is 12.1 Å². The molecule has 0 aliphatic carbocycles. The van der Waals surface area contributed by atoms with Gasteiger partial charge >= 0.3 is 0 Å². The second kappa shape index (κ2) is 9.43. The van der Waals surface area contributed by atoms with Crippen LogP contribution in [0.4, 0.5) is 9.52 Å². The van der Waals surface area contributed by atoms with Gasteiger partial charge in [-0.25, -0.2) is 9.37 Å². The van der Waals surface area contributed by atoms with Gasteiger partial charge in [0, 0.05) is 19.0 Å². The summed E-state index contributed by atoms with van der Waals surface area (Å²) >= 11 is 1.20. The fourth-order valence-corrected chi connectivity index (χ4v) is 3.49. The number of carbonyl (C=O) groups is 2. The van der Waals surface area contributed by atoms with Crippen LogP contribution in [0.25, 0.3) is 0 Å². The van der Waals surface area contributed by atoms with Crippen molar-refractivity contribution in [3.05, 3.63) is 82.1 Å². The molecular weight excluding hydrogens is 389 g/mol. The van der Waals surface area contributed by atoms with Crippen LogP contribution in [0.2, 0.25) is 0 Å². The van der Waals surface area contributed by atoms with E-state index in [0.29, 0.717) is 17.4 Å². The zero-order valence-corrected chi connectivity index (χ0v) is 17.1. The lowest BCUT2D eigenvalue weighted by Gasteiger charge is -2.17. The van der Waals surface area contributed by atoms with E-state index in [2.05, 4.69) is 29.4 Å². The molecule has 0 saturated carbocycles. The number of anilines is 1. The topological polar surface area (TPSA) is 62.3 Å². The number of hydrogen-bond acceptors (Lipinski definition) is 4. The van der Waals surface area contributed by atoms with Gasteiger partial charge in [0.2, 0.25) is 5.91 Å². The minimum Gasteiger partial charge on any atom is -0.341 e. The Balaban J connectivity index is 1.56. The molecule has 0 saturated heterocycles. The predicted molar refractivity (Wildman–Crippen MR) is 112 cm³/mol. The summed E-state index contributed by atoms with van der Waals surface area (Å²) in [6.07, 6.45) is 1.12. The van der Waals surface area contributed by atoms with Gasteiger partial charge in [-0.3, -0.25) is 14.9 Å². The van der Waals surface area contributed by atoms with Crippen molar-refractivity contribution in [3.63, 3.8) is 0 Å². The van der Waals surface area contributed by atoms with Crippen molar-refractivity contribution < 1.29 is 14.0 Å². The lowest BCUT2D eigenvalue weighted by atomic mass is 10.1. The maximum absolute atomic E-state index is 13.7. The quantitative estimate of drug-likeness (QED) is 0.631. The van der Waals surface area contributed by atoms with Gasteiger partial charge in [-0.2, -0.15) is 0 Å². The zero-order chi connectivity index (χ0) is 20.8. The molecule has 3 aromatic rings. The van der Waals surface area contributed by atoms with Crippen LogP contribution in [-0.4, -0.2) is 28.7 Å². The SMILES string of the molecule is CCc1ccc(CN(C)C(=O)Cc2csc(NC(=O)c3ccccc3F)n2)cc1. The summed E-state index contributed by atoms with van der Waals surface area (Å²) in [5.74, 6) is -1.23. The Hall–Kier alpha value is -3.06. The summed E-state index contributed by atoms with van der Waals surface area (Å²) in [4.78, 5) is 30.6. The number of rotatable bonds is 7. The molecular formula is C22H22FN3O2S. The normalized spacial score (nSPS) is 10.6. The largest absolute Gasteiger partial charge is 0.341 e. The van der Waals surface area contributed by atoms with E-state index in [0.717, 1.165) is 12.0 Å². The van der Waals surface area contributed by atoms with Crippen LogP contribution in [0.5, 0.6) is 0 Å². The average Bonchev–Trinajstić information content (AvgIpc) is 3.15. The molecule has 0 atom stereocenters. The molecule has 29 heavy (non-hydrogen) atoms. The Labute approximate surface area is 173 Å². The second-order valence-electron chi connectivity index (χ2n) is 6.67. The summed E-state index contributed by atoms with van der Waals surface area (Å²) in [7, 11) is 1.75. The number of thiazole rings is 1. The highest BCUT2D eigenvalue weighted by Gasteiger charge is 2.15. The number of halogens is 1. The first-order valence-corrected chi connectivity index (χ1v) is 10.2. The van der Waals surface area contributed by atoms with Gasteiger partial charge in [0.1, 0.15) is 5.82 Å². The van der Waals surface area contributed by atoms with Crippen LogP contribution >= 0.6 is 11.3 Å². The predicted octanol–water partition coefficient (Wildman–Crippen LogP) is 4.30. The van der Waals surface area contributed by atoms with Crippen molar-refractivity contribution in [1.82, 2.24) is 9.88 Å². The minimum absolute atomic E-state index is 0.0471. The third-order valence-electron chi connectivity index (χ3n) is 4.50. The number of nitrogens with zero attached hydrogens (tertiary/aromatic N) is 2. The van der Waals surface area contributed by atoms with Crippen LogP contribution in [0, 0.1) is 5.82 Å². The molecule has 3 rings (SSSR count). The third kappa shape index (κ3) is 5.48. The molecule has 0 bridgehead atoms. The van der Waals surface area contributed by atoms with Gasteiger partial charge in [0.25, 0.3) is 5.91 Å². The molecule has 0 radical (unpaired) electrons. The van der Waals surface area contributed by atoms with Crippen LogP contribution in [-0.2, 0) is 24.2 Å². The Bertz CT molecular complexity index is 1000. The van der Waals surface area contributed by atoms with E-state index >= 15 is 0 Å². The standard InChI is InChI=1S/C22H22FN3O2S/c1-3-15-8-10-16(11-9-15)13-26(2)20(27)12-17-14-29-22(24-17)25-21(28)18-6-4-5-7-19(18)23/h4-11,14H,3,12-13H2,1-2H3,(H,24,25,28). The first-order chi connectivity index (χ1) is 14.0. The summed E-state index contributed by atoms with van der Waals surface area (Å²) in [5, 5.41) is 4.63. The van der Waals surface area contributed by atoms with Crippen molar-refractivity contribution in [1.29, 1.82) is 0 Å². The van der Waals surface area contributed by atoms with Crippen LogP contribution < -0.4 is 5.32 Å². The number of aryl methyl sites for hydroxylation is 1. The molecule has 0 aliphatic heterocycles. The fraction of sp³-hybridized carbons (Fsp3) is 0.227. The Morgan fingerprint density at radius 2 is 1.79 bits per heavy atom. The van der Waals surface area contributed by atoms with Gasteiger partial charge < -0.3 is 4.90 Å². The molecule has 1 heterocycles. The molecule has 2 aromatic carbocycles. The highest BCUT2D eigenvalue weighted by Crippen LogP contribution is 2.18. The van der Waals surface area contributed by atoms with E-state index in [-0.39, 0.29) is 17.9 Å². The van der Waals surface area contributed by atoms with Crippen LogP contribution in [0.3, 0.4) is 0 Å². The number of hydrogen-bond donors (Lipinski definition) is 1. The lowest BCUT2D eigenvalue weighted by molar-refractivity contribution is -0.129. The van der Waals surface area contributed by atoms with Crippen LogP contribution in [0.15, 0.2) is 53.9 Å². The molecule has 7 heteroatoms. The smallest absolute Gasteiger partial charge is 0.260 e. The van der Waals surface area contributed by atoms with E-state index in [4.69, 9.17) is 0 Å². The van der Waals surface area contributed by atoms with Crippen molar-refractivity contribution in [2.75, 3.05) is 12.4 Å². The van der Waals surface area contributed by atoms with Gasteiger partial charge in [-0.15, -0.1) is 11.3 Å². The highest BCUT2D eigenvalue weighted by molar-refractivity contribution is 7.14. The molecule has 0 unspecified atom stereocenters. The highest BCUT2D eigenvalue weighted by atomic mass is 32.1. The van der Waals surface area contributed by atoms with E-state index < -0.39 is 11.7 Å². The molecule has 1 N–H and O–H groups in total. The molecule has 2 amide bonds. The van der Waals surface area contributed by atoms with E-state index in [1.54, 1.807) is 23.4 Å². The Kier molecular flexibility index (Phi) is 6.72. The maximum Gasteiger partial charge on any atom is 0.260 e. The molecule has 1 aromatic heterocycles. The molecule has 5 nitrogen and oxygen atoms in total. The van der Waals surface area contributed by atoms with Gasteiger partial charge in [-0.1, -0.05) is 43.3 Å². The number of likely N-dealkylation sites (N-methyl/N-ethyl adjacent to an activating group) is 1. The number of amides is 2. The van der Waals surface area contributed by atoms with Gasteiger partial charge in [0.05, 0.1) is 17.7 Å². The molecule has 0 spiro atoms. The number of benzene rings is 2. The number of carbonyl (C=O) groups excluding carboxylic acids is 2. The zero-order valence-electron chi connectivity index (χ0n) is 16.3. The van der Waals surface area contributed by atoms with Crippen molar-refractivity contribution in [2.24, 2.45) is 0 Å². The monoisotopic (exact) mass is 411 g/mol. The average molecular weight is 412 g/mol.